The number of methoxy groups -OCH3 is 1. The van der Waals surface area contributed by atoms with Crippen LogP contribution in [0.15, 0.2) is 0 Å². The third-order valence-corrected chi connectivity index (χ3v) is 3.81. The summed E-state index contributed by atoms with van der Waals surface area (Å²) in [5.41, 5.74) is 2.94. The maximum absolute atomic E-state index is 5.63. The fraction of sp³-hybridized carbons (Fsp3) is 1.00. The van der Waals surface area contributed by atoms with Crippen molar-refractivity contribution in [3.63, 3.8) is 0 Å². The first-order valence-corrected chi connectivity index (χ1v) is 6.33. The highest BCUT2D eigenvalue weighted by Crippen LogP contribution is 2.23. The molecule has 0 amide bonds. The SMILES string of the molecule is COCC(NN)C(C)(C)N1CCCCCC1. The monoisotopic (exact) mass is 229 g/mol. The Morgan fingerprint density at radius 3 is 2.25 bits per heavy atom. The van der Waals surface area contributed by atoms with Crippen LogP contribution in [0.3, 0.4) is 0 Å². The van der Waals surface area contributed by atoms with Gasteiger partial charge < -0.3 is 4.74 Å². The van der Waals surface area contributed by atoms with Crippen LogP contribution < -0.4 is 11.3 Å². The van der Waals surface area contributed by atoms with Gasteiger partial charge in [-0.05, 0) is 39.8 Å². The molecule has 4 nitrogen and oxygen atoms in total. The van der Waals surface area contributed by atoms with Crippen LogP contribution in [-0.4, -0.2) is 43.3 Å². The van der Waals surface area contributed by atoms with E-state index in [-0.39, 0.29) is 11.6 Å². The zero-order chi connectivity index (χ0) is 12.0. The van der Waals surface area contributed by atoms with E-state index in [0.717, 1.165) is 0 Å². The molecule has 0 aromatic heterocycles. The lowest BCUT2D eigenvalue weighted by molar-refractivity contribution is 0.0421. The van der Waals surface area contributed by atoms with Crippen LogP contribution in [0.2, 0.25) is 0 Å². The Morgan fingerprint density at radius 2 is 1.81 bits per heavy atom. The van der Waals surface area contributed by atoms with E-state index in [1.807, 2.05) is 0 Å². The molecule has 1 rings (SSSR count). The Balaban J connectivity index is 2.63. The van der Waals surface area contributed by atoms with E-state index in [1.54, 1.807) is 7.11 Å². The number of hydrazine groups is 1. The highest BCUT2D eigenvalue weighted by Gasteiger charge is 2.34. The van der Waals surface area contributed by atoms with Gasteiger partial charge in [-0.15, -0.1) is 0 Å². The van der Waals surface area contributed by atoms with E-state index in [1.165, 1.54) is 38.8 Å². The van der Waals surface area contributed by atoms with Gasteiger partial charge in [-0.2, -0.15) is 0 Å². The lowest BCUT2D eigenvalue weighted by atomic mass is 9.93. The van der Waals surface area contributed by atoms with Crippen LogP contribution in [-0.2, 0) is 4.74 Å². The molecule has 1 heterocycles. The van der Waals surface area contributed by atoms with E-state index in [2.05, 4.69) is 24.2 Å². The zero-order valence-corrected chi connectivity index (χ0v) is 11.0. The molecule has 0 bridgehead atoms. The molecular formula is C12H27N3O. The van der Waals surface area contributed by atoms with Gasteiger partial charge in [0.15, 0.2) is 0 Å². The second-order valence-corrected chi connectivity index (χ2v) is 5.23. The lowest BCUT2D eigenvalue weighted by Gasteiger charge is -2.43. The van der Waals surface area contributed by atoms with Crippen molar-refractivity contribution in [3.8, 4) is 0 Å². The van der Waals surface area contributed by atoms with Crippen molar-refractivity contribution in [1.29, 1.82) is 0 Å². The van der Waals surface area contributed by atoms with Crippen molar-refractivity contribution >= 4 is 0 Å². The van der Waals surface area contributed by atoms with Gasteiger partial charge in [-0.25, -0.2) is 0 Å². The standard InChI is InChI=1S/C12H27N3O/c1-12(2,11(14-13)10-16-3)15-8-6-4-5-7-9-15/h11,14H,4-10,13H2,1-3H3. The smallest absolute Gasteiger partial charge is 0.0647 e. The van der Waals surface area contributed by atoms with Crippen molar-refractivity contribution in [2.45, 2.75) is 51.1 Å². The Bertz CT molecular complexity index is 189. The average Bonchev–Trinajstić information content (AvgIpc) is 2.54. The minimum atomic E-state index is 0.0507. The van der Waals surface area contributed by atoms with Crippen LogP contribution in [0.1, 0.15) is 39.5 Å². The van der Waals surface area contributed by atoms with E-state index in [9.17, 15) is 0 Å². The van der Waals surface area contributed by atoms with Gasteiger partial charge in [0.25, 0.3) is 0 Å². The molecule has 0 aliphatic carbocycles. The number of likely N-dealkylation sites (tertiary alicyclic amines) is 1. The summed E-state index contributed by atoms with van der Waals surface area (Å²) >= 11 is 0. The minimum Gasteiger partial charge on any atom is -0.383 e. The molecule has 1 saturated heterocycles. The molecule has 0 radical (unpaired) electrons. The molecule has 1 unspecified atom stereocenters. The molecule has 0 aromatic carbocycles. The predicted molar refractivity (Wildman–Crippen MR) is 67.1 cm³/mol. The summed E-state index contributed by atoms with van der Waals surface area (Å²) < 4.78 is 5.23. The third kappa shape index (κ3) is 3.42. The summed E-state index contributed by atoms with van der Waals surface area (Å²) in [6.45, 7) is 7.51. The van der Waals surface area contributed by atoms with Crippen molar-refractivity contribution in [1.82, 2.24) is 10.3 Å². The van der Waals surface area contributed by atoms with Crippen molar-refractivity contribution in [2.75, 3.05) is 26.8 Å². The number of nitrogens with zero attached hydrogens (tertiary/aromatic N) is 1. The second-order valence-electron chi connectivity index (χ2n) is 5.23. The molecule has 1 aliphatic heterocycles. The van der Waals surface area contributed by atoms with E-state index in [4.69, 9.17) is 10.6 Å². The molecule has 0 spiro atoms. The number of hydrogen-bond donors (Lipinski definition) is 2. The maximum atomic E-state index is 5.63. The van der Waals surface area contributed by atoms with Gasteiger partial charge in [0.2, 0.25) is 0 Å². The fourth-order valence-electron chi connectivity index (χ4n) is 2.49. The highest BCUT2D eigenvalue weighted by atomic mass is 16.5. The van der Waals surface area contributed by atoms with Crippen molar-refractivity contribution in [2.24, 2.45) is 5.84 Å². The van der Waals surface area contributed by atoms with E-state index in [0.29, 0.717) is 6.61 Å². The molecule has 1 atom stereocenters. The molecule has 96 valence electrons. The Labute approximate surface area is 99.5 Å². The van der Waals surface area contributed by atoms with Gasteiger partial charge in [0.05, 0.1) is 12.6 Å². The fourth-order valence-corrected chi connectivity index (χ4v) is 2.49. The Morgan fingerprint density at radius 1 is 1.25 bits per heavy atom. The normalized spacial score (nSPS) is 21.8. The molecule has 1 aliphatic rings. The Hall–Kier alpha value is -0.160. The number of nitrogens with one attached hydrogen (secondary N) is 1. The van der Waals surface area contributed by atoms with Crippen LogP contribution in [0.5, 0.6) is 0 Å². The van der Waals surface area contributed by atoms with Gasteiger partial charge in [-0.3, -0.25) is 16.2 Å². The first-order chi connectivity index (χ1) is 7.62. The maximum Gasteiger partial charge on any atom is 0.0647 e. The first kappa shape index (κ1) is 13.9. The molecule has 4 heteroatoms. The van der Waals surface area contributed by atoms with Crippen LogP contribution in [0.4, 0.5) is 0 Å². The summed E-state index contributed by atoms with van der Waals surface area (Å²) in [6.07, 6.45) is 5.32. The summed E-state index contributed by atoms with van der Waals surface area (Å²) in [7, 11) is 1.73. The van der Waals surface area contributed by atoms with Gasteiger partial charge >= 0.3 is 0 Å². The Kier molecular flexibility index (Phi) is 5.69. The number of ether oxygens (including phenoxy) is 1. The quantitative estimate of drug-likeness (QED) is 0.548. The number of hydrogen-bond acceptors (Lipinski definition) is 4. The third-order valence-electron chi connectivity index (χ3n) is 3.81. The van der Waals surface area contributed by atoms with Crippen LogP contribution >= 0.6 is 0 Å². The molecule has 1 fully saturated rings. The van der Waals surface area contributed by atoms with E-state index < -0.39 is 0 Å². The van der Waals surface area contributed by atoms with Gasteiger partial charge in [0.1, 0.15) is 0 Å². The predicted octanol–water partition coefficient (Wildman–Crippen LogP) is 1.12. The second kappa shape index (κ2) is 6.55. The molecule has 0 aromatic rings. The van der Waals surface area contributed by atoms with Gasteiger partial charge in [-0.1, -0.05) is 12.8 Å². The molecule has 16 heavy (non-hydrogen) atoms. The van der Waals surface area contributed by atoms with Crippen LogP contribution in [0, 0.1) is 0 Å². The molecule has 3 N–H and O–H groups in total. The first-order valence-electron chi connectivity index (χ1n) is 6.33. The van der Waals surface area contributed by atoms with Crippen LogP contribution in [0.25, 0.3) is 0 Å². The zero-order valence-electron chi connectivity index (χ0n) is 11.0. The summed E-state index contributed by atoms with van der Waals surface area (Å²) in [4.78, 5) is 2.55. The number of nitrogens with two attached hydrogens (primary N) is 1. The van der Waals surface area contributed by atoms with Gasteiger partial charge in [0, 0.05) is 12.6 Å². The lowest BCUT2D eigenvalue weighted by Crippen LogP contribution is -2.61. The summed E-state index contributed by atoms with van der Waals surface area (Å²) in [5.74, 6) is 5.63. The minimum absolute atomic E-state index is 0.0507. The molecule has 0 saturated carbocycles. The number of rotatable bonds is 5. The van der Waals surface area contributed by atoms with E-state index >= 15 is 0 Å². The highest BCUT2D eigenvalue weighted by molar-refractivity contribution is 4.93. The average molecular weight is 229 g/mol. The van der Waals surface area contributed by atoms with Crippen molar-refractivity contribution in [3.05, 3.63) is 0 Å². The largest absolute Gasteiger partial charge is 0.383 e. The summed E-state index contributed by atoms with van der Waals surface area (Å²) in [6, 6.07) is 0.176. The topological polar surface area (TPSA) is 50.5 Å². The van der Waals surface area contributed by atoms with Crippen molar-refractivity contribution < 1.29 is 4.74 Å². The summed E-state index contributed by atoms with van der Waals surface area (Å²) in [5, 5.41) is 0. The molecular weight excluding hydrogens is 202 g/mol.